The van der Waals surface area contributed by atoms with Crippen LogP contribution in [0.2, 0.25) is 0 Å². The molecule has 2 aromatic heterocycles. The van der Waals surface area contributed by atoms with Crippen LogP contribution in [0.15, 0.2) is 41.1 Å². The lowest BCUT2D eigenvalue weighted by Gasteiger charge is -2.04. The number of nitrogens with zero attached hydrogens (tertiary/aromatic N) is 3. The lowest BCUT2D eigenvalue weighted by molar-refractivity contribution is 0.411. The molecule has 3 rings (SSSR count). The average molecular weight is 282 g/mol. The second-order valence-electron chi connectivity index (χ2n) is 4.58. The van der Waals surface area contributed by atoms with Crippen LogP contribution in [0.4, 0.5) is 5.82 Å². The highest BCUT2D eigenvalue weighted by molar-refractivity contribution is 5.62. The molecule has 3 aromatic rings. The van der Waals surface area contributed by atoms with Crippen molar-refractivity contribution in [3.63, 3.8) is 0 Å². The van der Waals surface area contributed by atoms with Crippen LogP contribution in [0.5, 0.6) is 5.75 Å². The van der Waals surface area contributed by atoms with Crippen molar-refractivity contribution in [3.05, 3.63) is 42.1 Å². The molecule has 6 heteroatoms. The van der Waals surface area contributed by atoms with E-state index in [0.29, 0.717) is 17.5 Å². The van der Waals surface area contributed by atoms with E-state index < -0.39 is 0 Å². The van der Waals surface area contributed by atoms with Crippen molar-refractivity contribution < 1.29 is 9.26 Å². The van der Waals surface area contributed by atoms with E-state index in [0.717, 1.165) is 22.4 Å². The first-order chi connectivity index (χ1) is 10.2. The van der Waals surface area contributed by atoms with Gasteiger partial charge in [0, 0.05) is 17.3 Å². The second kappa shape index (κ2) is 5.24. The molecule has 6 nitrogen and oxygen atoms in total. The number of aryl methyl sites for hydroxylation is 1. The number of aromatic nitrogens is 3. The highest BCUT2D eigenvalue weighted by Gasteiger charge is 2.12. The number of anilines is 1. The lowest BCUT2D eigenvalue weighted by Crippen LogP contribution is -1.90. The quantitative estimate of drug-likeness (QED) is 0.794. The summed E-state index contributed by atoms with van der Waals surface area (Å²) in [5, 5.41) is 4.00. The Bertz CT molecular complexity index is 783. The fourth-order valence-electron chi connectivity index (χ4n) is 2.06. The van der Waals surface area contributed by atoms with Gasteiger partial charge in [0.1, 0.15) is 11.6 Å². The Kier molecular flexibility index (Phi) is 3.27. The first kappa shape index (κ1) is 13.1. The molecule has 0 fully saturated rings. The van der Waals surface area contributed by atoms with Gasteiger partial charge in [-0.1, -0.05) is 5.16 Å². The van der Waals surface area contributed by atoms with E-state index >= 15 is 0 Å². The zero-order valence-electron chi connectivity index (χ0n) is 11.7. The van der Waals surface area contributed by atoms with E-state index in [1.807, 2.05) is 25.1 Å². The van der Waals surface area contributed by atoms with Gasteiger partial charge < -0.3 is 15.0 Å². The normalized spacial score (nSPS) is 10.6. The van der Waals surface area contributed by atoms with Gasteiger partial charge >= 0.3 is 0 Å². The van der Waals surface area contributed by atoms with Gasteiger partial charge in [0.25, 0.3) is 5.89 Å². The number of hydrogen-bond donors (Lipinski definition) is 1. The molecule has 0 bridgehead atoms. The third kappa shape index (κ3) is 2.55. The highest BCUT2D eigenvalue weighted by Crippen LogP contribution is 2.26. The number of nitrogen functional groups attached to an aromatic ring is 1. The summed E-state index contributed by atoms with van der Waals surface area (Å²) in [7, 11) is 1.64. The summed E-state index contributed by atoms with van der Waals surface area (Å²) in [5.74, 6) is 2.16. The predicted octanol–water partition coefficient (Wildman–Crippen LogP) is 2.70. The molecule has 0 amide bonds. The van der Waals surface area contributed by atoms with Crippen LogP contribution >= 0.6 is 0 Å². The molecule has 0 aliphatic carbocycles. The van der Waals surface area contributed by atoms with Crippen molar-refractivity contribution >= 4 is 5.82 Å². The van der Waals surface area contributed by atoms with Crippen LogP contribution in [0.1, 0.15) is 5.56 Å². The van der Waals surface area contributed by atoms with E-state index in [-0.39, 0.29) is 0 Å². The van der Waals surface area contributed by atoms with Gasteiger partial charge in [-0.3, -0.25) is 0 Å². The Morgan fingerprint density at radius 1 is 1.14 bits per heavy atom. The van der Waals surface area contributed by atoms with Crippen molar-refractivity contribution in [2.45, 2.75) is 6.92 Å². The monoisotopic (exact) mass is 282 g/mol. The minimum atomic E-state index is 0.410. The van der Waals surface area contributed by atoms with Gasteiger partial charge in [-0.05, 0) is 42.8 Å². The molecule has 0 saturated heterocycles. The van der Waals surface area contributed by atoms with E-state index in [4.69, 9.17) is 15.0 Å². The highest BCUT2D eigenvalue weighted by atomic mass is 16.5. The Morgan fingerprint density at radius 2 is 2.00 bits per heavy atom. The zero-order valence-corrected chi connectivity index (χ0v) is 11.7. The number of ether oxygens (including phenoxy) is 1. The smallest absolute Gasteiger partial charge is 0.258 e. The van der Waals surface area contributed by atoms with Crippen LogP contribution in [-0.4, -0.2) is 22.2 Å². The predicted molar refractivity (Wildman–Crippen MR) is 78.7 cm³/mol. The Labute approximate surface area is 121 Å². The third-order valence-corrected chi connectivity index (χ3v) is 3.11. The minimum absolute atomic E-state index is 0.410. The summed E-state index contributed by atoms with van der Waals surface area (Å²) < 4.78 is 10.5. The molecule has 21 heavy (non-hydrogen) atoms. The van der Waals surface area contributed by atoms with Gasteiger partial charge in [-0.2, -0.15) is 4.98 Å². The first-order valence-electron chi connectivity index (χ1n) is 6.38. The van der Waals surface area contributed by atoms with Crippen molar-refractivity contribution in [1.29, 1.82) is 0 Å². The van der Waals surface area contributed by atoms with Crippen LogP contribution in [0.25, 0.3) is 22.8 Å². The largest absolute Gasteiger partial charge is 0.496 e. The Hall–Kier alpha value is -2.89. The molecule has 0 atom stereocenters. The second-order valence-corrected chi connectivity index (χ2v) is 4.58. The van der Waals surface area contributed by atoms with Crippen LogP contribution < -0.4 is 10.5 Å². The molecular formula is C15H14N4O2. The van der Waals surface area contributed by atoms with Crippen molar-refractivity contribution in [2.75, 3.05) is 12.8 Å². The Balaban J connectivity index is 1.96. The number of benzene rings is 1. The first-order valence-corrected chi connectivity index (χ1v) is 6.38. The molecule has 0 aliphatic rings. The van der Waals surface area contributed by atoms with E-state index in [1.54, 1.807) is 25.4 Å². The SMILES string of the molecule is COc1ccc(-c2noc(-c3ccnc(N)c3)n2)cc1C. The summed E-state index contributed by atoms with van der Waals surface area (Å²) in [6.45, 7) is 1.97. The molecule has 0 spiro atoms. The number of hydrogen-bond acceptors (Lipinski definition) is 6. The third-order valence-electron chi connectivity index (χ3n) is 3.11. The van der Waals surface area contributed by atoms with E-state index in [9.17, 15) is 0 Å². The summed E-state index contributed by atoms with van der Waals surface area (Å²) >= 11 is 0. The van der Waals surface area contributed by atoms with E-state index in [1.165, 1.54) is 0 Å². The number of nitrogens with two attached hydrogens (primary N) is 1. The summed E-state index contributed by atoms with van der Waals surface area (Å²) in [4.78, 5) is 8.32. The molecule has 0 aliphatic heterocycles. The zero-order chi connectivity index (χ0) is 14.8. The summed E-state index contributed by atoms with van der Waals surface area (Å²) in [6.07, 6.45) is 1.60. The van der Waals surface area contributed by atoms with Crippen LogP contribution in [0.3, 0.4) is 0 Å². The maximum atomic E-state index is 5.65. The van der Waals surface area contributed by atoms with Crippen molar-refractivity contribution in [3.8, 4) is 28.6 Å². The fourth-order valence-corrected chi connectivity index (χ4v) is 2.06. The number of methoxy groups -OCH3 is 1. The minimum Gasteiger partial charge on any atom is -0.496 e. The molecule has 0 unspecified atom stereocenters. The topological polar surface area (TPSA) is 87.1 Å². The lowest BCUT2D eigenvalue weighted by atomic mass is 10.1. The Morgan fingerprint density at radius 3 is 2.71 bits per heavy atom. The molecule has 1 aromatic carbocycles. The van der Waals surface area contributed by atoms with Gasteiger partial charge in [0.05, 0.1) is 7.11 Å². The van der Waals surface area contributed by atoms with Gasteiger partial charge in [-0.25, -0.2) is 4.98 Å². The molecular weight excluding hydrogens is 268 g/mol. The van der Waals surface area contributed by atoms with Gasteiger partial charge in [-0.15, -0.1) is 0 Å². The maximum absolute atomic E-state index is 5.65. The molecule has 2 N–H and O–H groups in total. The van der Waals surface area contributed by atoms with Gasteiger partial charge in [0.15, 0.2) is 0 Å². The summed E-state index contributed by atoms with van der Waals surface area (Å²) in [5.41, 5.74) is 8.27. The van der Waals surface area contributed by atoms with Crippen LogP contribution in [0, 0.1) is 6.92 Å². The fraction of sp³-hybridized carbons (Fsp3) is 0.133. The average Bonchev–Trinajstić information content (AvgIpc) is 2.97. The van der Waals surface area contributed by atoms with Crippen molar-refractivity contribution in [1.82, 2.24) is 15.1 Å². The summed E-state index contributed by atoms with van der Waals surface area (Å²) in [6, 6.07) is 9.18. The number of pyridine rings is 1. The molecule has 0 radical (unpaired) electrons. The molecule has 2 heterocycles. The maximum Gasteiger partial charge on any atom is 0.258 e. The molecule has 106 valence electrons. The number of rotatable bonds is 3. The molecule has 0 saturated carbocycles. The van der Waals surface area contributed by atoms with Crippen LogP contribution in [-0.2, 0) is 0 Å². The standard InChI is InChI=1S/C15H14N4O2/c1-9-7-10(3-4-12(9)20-2)14-18-15(21-19-14)11-5-6-17-13(16)8-11/h3-8H,1-2H3,(H2,16,17). The van der Waals surface area contributed by atoms with E-state index in [2.05, 4.69) is 15.1 Å². The van der Waals surface area contributed by atoms with Crippen molar-refractivity contribution in [2.24, 2.45) is 0 Å². The van der Waals surface area contributed by atoms with Gasteiger partial charge in [0.2, 0.25) is 5.82 Å².